The van der Waals surface area contributed by atoms with Crippen molar-refractivity contribution in [3.8, 4) is 5.75 Å². The summed E-state index contributed by atoms with van der Waals surface area (Å²) in [6, 6.07) is 2.52. The average Bonchev–Trinajstić information content (AvgIpc) is 2.42. The van der Waals surface area contributed by atoms with Gasteiger partial charge in [0.25, 0.3) is 0 Å². The highest BCUT2D eigenvalue weighted by atomic mass is 35.5. The molecule has 0 saturated carbocycles. The molecule has 7 heteroatoms. The molecule has 0 amide bonds. The highest BCUT2D eigenvalue weighted by Gasteiger charge is 2.36. The normalized spacial score (nSPS) is 14.2. The van der Waals surface area contributed by atoms with Gasteiger partial charge in [0.05, 0.1) is 24.8 Å². The molecule has 0 aliphatic carbocycles. The van der Waals surface area contributed by atoms with E-state index in [9.17, 15) is 18.3 Å². The number of aliphatic hydroxyl groups is 1. The third kappa shape index (κ3) is 5.37. The Balaban J connectivity index is 0.00000400. The van der Waals surface area contributed by atoms with E-state index in [4.69, 9.17) is 10.5 Å². The fraction of sp³-hybridized carbons (Fsp3) is 0.571. The summed E-state index contributed by atoms with van der Waals surface area (Å²) in [6.07, 6.45) is -3.60. The van der Waals surface area contributed by atoms with Crippen LogP contribution in [0, 0.1) is 0 Å². The van der Waals surface area contributed by atoms with E-state index in [2.05, 4.69) is 0 Å². The van der Waals surface area contributed by atoms with Gasteiger partial charge in [-0.3, -0.25) is 0 Å². The predicted octanol–water partition coefficient (Wildman–Crippen LogP) is 3.69. The molecule has 0 aromatic heterocycles. The zero-order chi connectivity index (χ0) is 15.3. The number of hydrogen-bond acceptors (Lipinski definition) is 3. The van der Waals surface area contributed by atoms with Crippen LogP contribution in [0.15, 0.2) is 18.2 Å². The quantitative estimate of drug-likeness (QED) is 0.838. The van der Waals surface area contributed by atoms with Crippen molar-refractivity contribution in [2.45, 2.75) is 44.5 Å². The van der Waals surface area contributed by atoms with Gasteiger partial charge in [0, 0.05) is 0 Å². The molecule has 0 unspecified atom stereocenters. The number of ether oxygens (including phenoxy) is 1. The van der Waals surface area contributed by atoms with Gasteiger partial charge >= 0.3 is 6.18 Å². The van der Waals surface area contributed by atoms with Crippen LogP contribution in [-0.4, -0.2) is 18.3 Å². The second kappa shape index (κ2) is 8.46. The Morgan fingerprint density at radius 2 is 1.95 bits per heavy atom. The van der Waals surface area contributed by atoms with Crippen LogP contribution in [0.2, 0.25) is 0 Å². The van der Waals surface area contributed by atoms with Gasteiger partial charge in [-0.2, -0.15) is 13.2 Å². The van der Waals surface area contributed by atoms with Crippen molar-refractivity contribution >= 4 is 12.4 Å². The summed E-state index contributed by atoms with van der Waals surface area (Å²) in [7, 11) is 1.30. The summed E-state index contributed by atoms with van der Waals surface area (Å²) in [5, 5.41) is 9.90. The number of rotatable bonds is 6. The van der Waals surface area contributed by atoms with E-state index >= 15 is 0 Å². The van der Waals surface area contributed by atoms with Crippen molar-refractivity contribution in [1.82, 2.24) is 0 Å². The molecule has 0 fully saturated rings. The number of unbranched alkanes of at least 4 members (excludes halogenated alkanes) is 1. The number of hydrogen-bond donors (Lipinski definition) is 2. The fourth-order valence-corrected chi connectivity index (χ4v) is 2.00. The van der Waals surface area contributed by atoms with E-state index in [1.807, 2.05) is 6.92 Å². The SMILES string of the molecule is CCCC[C@@H](O)[C@@H](N)c1ccc(OC)cc1C(F)(F)F.Cl. The minimum absolute atomic E-state index is 0. The number of halogens is 4. The monoisotopic (exact) mass is 327 g/mol. The van der Waals surface area contributed by atoms with E-state index in [1.165, 1.54) is 19.2 Å². The molecule has 0 radical (unpaired) electrons. The molecule has 0 aliphatic heterocycles. The maximum atomic E-state index is 13.0. The second-order valence-electron chi connectivity index (χ2n) is 4.69. The number of nitrogens with two attached hydrogens (primary N) is 1. The zero-order valence-corrected chi connectivity index (χ0v) is 12.8. The fourth-order valence-electron chi connectivity index (χ4n) is 2.00. The van der Waals surface area contributed by atoms with Crippen LogP contribution in [0.3, 0.4) is 0 Å². The lowest BCUT2D eigenvalue weighted by Gasteiger charge is -2.23. The minimum Gasteiger partial charge on any atom is -0.497 e. The van der Waals surface area contributed by atoms with Gasteiger partial charge in [0.2, 0.25) is 0 Å². The summed E-state index contributed by atoms with van der Waals surface area (Å²) < 4.78 is 43.9. The topological polar surface area (TPSA) is 55.5 Å². The molecule has 2 atom stereocenters. The summed E-state index contributed by atoms with van der Waals surface area (Å²) in [5.74, 6) is 0.108. The number of alkyl halides is 3. The first-order valence-corrected chi connectivity index (χ1v) is 6.50. The molecule has 122 valence electrons. The molecule has 21 heavy (non-hydrogen) atoms. The molecule has 0 bridgehead atoms. The van der Waals surface area contributed by atoms with E-state index in [1.54, 1.807) is 0 Å². The number of aliphatic hydroxyl groups excluding tert-OH is 1. The maximum absolute atomic E-state index is 13.0. The summed E-state index contributed by atoms with van der Waals surface area (Å²) in [5.41, 5.74) is 4.81. The summed E-state index contributed by atoms with van der Waals surface area (Å²) in [4.78, 5) is 0. The van der Waals surface area contributed by atoms with Gasteiger partial charge in [-0.15, -0.1) is 12.4 Å². The standard InChI is InChI=1S/C14H20F3NO2.ClH/c1-3-4-5-12(19)13(18)10-7-6-9(20-2)8-11(10)14(15,16)17;/h6-8,12-13,19H,3-5,18H2,1-2H3;1H/t12-,13+;/m1./s1. The largest absolute Gasteiger partial charge is 0.497 e. The Morgan fingerprint density at radius 1 is 1.33 bits per heavy atom. The van der Waals surface area contributed by atoms with Crippen LogP contribution in [-0.2, 0) is 6.18 Å². The van der Waals surface area contributed by atoms with Gasteiger partial charge in [-0.05, 0) is 24.1 Å². The molecule has 3 nitrogen and oxygen atoms in total. The molecule has 0 aliphatic rings. The van der Waals surface area contributed by atoms with Gasteiger partial charge in [-0.1, -0.05) is 25.8 Å². The van der Waals surface area contributed by atoms with E-state index in [0.717, 1.165) is 12.5 Å². The lowest BCUT2D eigenvalue weighted by molar-refractivity contribution is -0.138. The Bertz CT molecular complexity index is 441. The highest BCUT2D eigenvalue weighted by molar-refractivity contribution is 5.85. The van der Waals surface area contributed by atoms with E-state index < -0.39 is 23.9 Å². The molecule has 1 rings (SSSR count). The Morgan fingerprint density at radius 3 is 2.43 bits per heavy atom. The summed E-state index contributed by atoms with van der Waals surface area (Å²) >= 11 is 0. The van der Waals surface area contributed by atoms with E-state index in [0.29, 0.717) is 12.8 Å². The van der Waals surface area contributed by atoms with Crippen LogP contribution in [0.5, 0.6) is 5.75 Å². The molecule has 0 heterocycles. The van der Waals surface area contributed by atoms with Crippen LogP contribution >= 0.6 is 12.4 Å². The van der Waals surface area contributed by atoms with Crippen molar-refractivity contribution in [2.24, 2.45) is 5.73 Å². The molecular weight excluding hydrogens is 307 g/mol. The molecule has 1 aromatic carbocycles. The predicted molar refractivity (Wildman–Crippen MR) is 77.7 cm³/mol. The Labute approximate surface area is 128 Å². The third-order valence-corrected chi connectivity index (χ3v) is 3.19. The molecule has 1 aromatic rings. The number of benzene rings is 1. The molecule has 0 saturated heterocycles. The maximum Gasteiger partial charge on any atom is 0.416 e. The average molecular weight is 328 g/mol. The van der Waals surface area contributed by atoms with Crippen LogP contribution in [0.4, 0.5) is 13.2 Å². The number of methoxy groups -OCH3 is 1. The Hall–Kier alpha value is -0.980. The van der Waals surface area contributed by atoms with Gasteiger partial charge in [0.15, 0.2) is 0 Å². The van der Waals surface area contributed by atoms with Gasteiger partial charge < -0.3 is 15.6 Å². The molecule has 0 spiro atoms. The van der Waals surface area contributed by atoms with Crippen molar-refractivity contribution < 1.29 is 23.0 Å². The first-order valence-electron chi connectivity index (χ1n) is 6.50. The zero-order valence-electron chi connectivity index (χ0n) is 12.0. The van der Waals surface area contributed by atoms with Crippen LogP contribution in [0.1, 0.15) is 43.4 Å². The van der Waals surface area contributed by atoms with E-state index in [-0.39, 0.29) is 23.7 Å². The first-order chi connectivity index (χ1) is 9.31. The first kappa shape index (κ1) is 20.0. The Kier molecular flexibility index (Phi) is 8.06. The van der Waals surface area contributed by atoms with Crippen LogP contribution in [0.25, 0.3) is 0 Å². The highest BCUT2D eigenvalue weighted by Crippen LogP contribution is 2.37. The van der Waals surface area contributed by atoms with Crippen LogP contribution < -0.4 is 10.5 Å². The molecular formula is C14H21ClF3NO2. The smallest absolute Gasteiger partial charge is 0.416 e. The molecule has 3 N–H and O–H groups in total. The third-order valence-electron chi connectivity index (χ3n) is 3.19. The lowest BCUT2D eigenvalue weighted by atomic mass is 9.94. The summed E-state index contributed by atoms with van der Waals surface area (Å²) in [6.45, 7) is 1.94. The lowest BCUT2D eigenvalue weighted by Crippen LogP contribution is -2.28. The second-order valence-corrected chi connectivity index (χ2v) is 4.69. The van der Waals surface area contributed by atoms with Crippen molar-refractivity contribution in [3.05, 3.63) is 29.3 Å². The minimum atomic E-state index is -4.54. The van der Waals surface area contributed by atoms with Crippen molar-refractivity contribution in [2.75, 3.05) is 7.11 Å². The van der Waals surface area contributed by atoms with Gasteiger partial charge in [-0.25, -0.2) is 0 Å². The van der Waals surface area contributed by atoms with Crippen molar-refractivity contribution in [3.63, 3.8) is 0 Å². The van der Waals surface area contributed by atoms with Crippen molar-refractivity contribution in [1.29, 1.82) is 0 Å². The van der Waals surface area contributed by atoms with Gasteiger partial charge in [0.1, 0.15) is 5.75 Å².